The van der Waals surface area contributed by atoms with E-state index >= 15 is 0 Å². The third kappa shape index (κ3) is 9.45. The molecule has 0 saturated carbocycles. The summed E-state index contributed by atoms with van der Waals surface area (Å²) in [5.74, 6) is -0.941. The third-order valence-corrected chi connectivity index (χ3v) is 6.80. The number of halogens is 5. The Morgan fingerprint density at radius 3 is 2.10 bits per heavy atom. The van der Waals surface area contributed by atoms with Gasteiger partial charge in [0.05, 0.1) is 23.3 Å². The Bertz CT molecular complexity index is 1200. The Hall–Kier alpha value is -2.74. The molecule has 39 heavy (non-hydrogen) atoms. The van der Waals surface area contributed by atoms with E-state index in [-0.39, 0.29) is 28.8 Å². The van der Waals surface area contributed by atoms with Crippen LogP contribution in [0.2, 0.25) is 10.0 Å². The molecule has 0 saturated heterocycles. The highest BCUT2D eigenvalue weighted by molar-refractivity contribution is 6.43. The highest BCUT2D eigenvalue weighted by Gasteiger charge is 2.30. The normalized spacial score (nSPS) is 12.7. The van der Waals surface area contributed by atoms with E-state index in [1.807, 2.05) is 45.0 Å². The molecule has 0 radical (unpaired) electrons. The molecule has 0 aromatic heterocycles. The second-order valence-electron chi connectivity index (χ2n) is 8.65. The summed E-state index contributed by atoms with van der Waals surface area (Å²) in [7, 11) is 0. The minimum Gasteiger partial charge on any atom is -0.479 e. The fraction of sp³-hybridized carbons (Fsp3) is 0.367. The van der Waals surface area contributed by atoms with Gasteiger partial charge in [-0.25, -0.2) is 4.79 Å². The highest BCUT2D eigenvalue weighted by atomic mass is 35.5. The Morgan fingerprint density at radius 1 is 0.949 bits per heavy atom. The van der Waals surface area contributed by atoms with E-state index in [0.717, 1.165) is 23.3 Å². The van der Waals surface area contributed by atoms with Gasteiger partial charge in [-0.2, -0.15) is 13.2 Å². The van der Waals surface area contributed by atoms with Gasteiger partial charge in [0.25, 0.3) is 0 Å². The number of carboxylic acid groups (broad SMARTS) is 1. The Kier molecular flexibility index (Phi) is 12.6. The molecule has 2 unspecified atom stereocenters. The van der Waals surface area contributed by atoms with Gasteiger partial charge in [-0.1, -0.05) is 92.0 Å². The summed E-state index contributed by atoms with van der Waals surface area (Å²) in [5.41, 5.74) is 2.60. The maximum atomic E-state index is 13.1. The number of aliphatic carboxylic acids is 1. The van der Waals surface area contributed by atoms with Gasteiger partial charge < -0.3 is 14.6 Å². The summed E-state index contributed by atoms with van der Waals surface area (Å²) in [5, 5.41) is 9.56. The number of aryl methyl sites for hydroxylation is 2. The van der Waals surface area contributed by atoms with Crippen molar-refractivity contribution in [1.82, 2.24) is 0 Å². The van der Waals surface area contributed by atoms with Crippen LogP contribution in [0.15, 0.2) is 60.7 Å². The molecule has 3 aromatic rings. The zero-order valence-electron chi connectivity index (χ0n) is 22.3. The number of alkyl halides is 3. The number of rotatable bonds is 11. The second-order valence-corrected chi connectivity index (χ2v) is 9.40. The minimum absolute atomic E-state index is 0.102. The molecule has 0 amide bonds. The van der Waals surface area contributed by atoms with E-state index < -0.39 is 29.9 Å². The van der Waals surface area contributed by atoms with Crippen LogP contribution in [0.4, 0.5) is 13.2 Å². The zero-order valence-corrected chi connectivity index (χ0v) is 23.8. The first-order valence-corrected chi connectivity index (χ1v) is 13.5. The summed E-state index contributed by atoms with van der Waals surface area (Å²) in [6.45, 7) is 7.94. The quantitative estimate of drug-likeness (QED) is 0.244. The molecule has 0 bridgehead atoms. The smallest absolute Gasteiger partial charge is 0.416 e. The lowest BCUT2D eigenvalue weighted by Gasteiger charge is -2.21. The van der Waals surface area contributed by atoms with Gasteiger partial charge in [-0.05, 0) is 61.1 Å². The Balaban J connectivity index is 0.00000260. The van der Waals surface area contributed by atoms with Crippen molar-refractivity contribution < 1.29 is 32.5 Å². The maximum Gasteiger partial charge on any atom is 0.416 e. The van der Waals surface area contributed by atoms with Crippen LogP contribution in [-0.4, -0.2) is 17.2 Å². The van der Waals surface area contributed by atoms with Crippen molar-refractivity contribution in [3.63, 3.8) is 0 Å². The standard InChI is InChI=1S/C28H27Cl2F3O4.C2H6/c1-3-22(27(34)35)37-24-15-11-20(25(29)26(24)30)10-14-23(36-16-18-6-4-17(2)5-7-18)19-8-12-21(13-9-19)28(31,32)33;1-2/h4-9,11-13,15,22-23H,3,10,14,16H2,1-2H3,(H,34,35);1-2H3. The van der Waals surface area contributed by atoms with Gasteiger partial charge in [0.1, 0.15) is 10.8 Å². The number of carbonyl (C=O) groups is 1. The Labute approximate surface area is 237 Å². The van der Waals surface area contributed by atoms with Gasteiger partial charge in [0.2, 0.25) is 0 Å². The van der Waals surface area contributed by atoms with Crippen molar-refractivity contribution in [2.45, 2.75) is 71.9 Å². The number of benzene rings is 3. The monoisotopic (exact) mass is 584 g/mol. The van der Waals surface area contributed by atoms with Crippen LogP contribution in [0.1, 0.15) is 67.5 Å². The van der Waals surface area contributed by atoms with Gasteiger partial charge >= 0.3 is 12.1 Å². The summed E-state index contributed by atoms with van der Waals surface area (Å²) in [4.78, 5) is 11.3. The second kappa shape index (κ2) is 15.2. The first-order chi connectivity index (χ1) is 18.5. The topological polar surface area (TPSA) is 55.8 Å². The molecule has 3 rings (SSSR count). The number of hydrogen-bond acceptors (Lipinski definition) is 3. The van der Waals surface area contributed by atoms with Crippen LogP contribution in [0.3, 0.4) is 0 Å². The first kappa shape index (κ1) is 32.5. The molecule has 2 atom stereocenters. The van der Waals surface area contributed by atoms with Crippen molar-refractivity contribution in [3.8, 4) is 5.75 Å². The van der Waals surface area contributed by atoms with Crippen molar-refractivity contribution in [1.29, 1.82) is 0 Å². The number of ether oxygens (including phenoxy) is 2. The average molecular weight is 585 g/mol. The van der Waals surface area contributed by atoms with E-state index in [1.165, 1.54) is 12.1 Å². The highest BCUT2D eigenvalue weighted by Crippen LogP contribution is 2.37. The van der Waals surface area contributed by atoms with Crippen molar-refractivity contribution >= 4 is 29.2 Å². The van der Waals surface area contributed by atoms with E-state index in [2.05, 4.69) is 0 Å². The van der Waals surface area contributed by atoms with E-state index in [9.17, 15) is 23.1 Å². The largest absolute Gasteiger partial charge is 0.479 e. The molecule has 9 heteroatoms. The van der Waals surface area contributed by atoms with Gasteiger partial charge in [0, 0.05) is 0 Å². The Morgan fingerprint density at radius 2 is 1.56 bits per heavy atom. The molecular weight excluding hydrogens is 552 g/mol. The summed E-state index contributed by atoms with van der Waals surface area (Å²) in [6, 6.07) is 16.0. The molecule has 0 heterocycles. The zero-order chi connectivity index (χ0) is 29.2. The molecule has 0 aliphatic rings. The van der Waals surface area contributed by atoms with Crippen LogP contribution >= 0.6 is 23.2 Å². The van der Waals surface area contributed by atoms with Gasteiger partial charge in [-0.3, -0.25) is 0 Å². The SMILES string of the molecule is CC.CCC(Oc1ccc(CCC(OCc2ccc(C)cc2)c2ccc(C(F)(F)F)cc2)c(Cl)c1Cl)C(=O)O. The van der Waals surface area contributed by atoms with Crippen LogP contribution in [0.5, 0.6) is 5.75 Å². The molecule has 1 N–H and O–H groups in total. The molecule has 0 aliphatic heterocycles. The minimum atomic E-state index is -4.43. The molecule has 0 aliphatic carbocycles. The fourth-order valence-electron chi connectivity index (χ4n) is 3.72. The van der Waals surface area contributed by atoms with Gasteiger partial charge in [-0.15, -0.1) is 0 Å². The molecule has 212 valence electrons. The first-order valence-electron chi connectivity index (χ1n) is 12.7. The molecular formula is C30H33Cl2F3O4. The molecule has 0 spiro atoms. The summed E-state index contributed by atoms with van der Waals surface area (Å²) in [6.07, 6.45) is -4.92. The van der Waals surface area contributed by atoms with E-state index in [4.69, 9.17) is 32.7 Å². The van der Waals surface area contributed by atoms with Crippen molar-refractivity contribution in [3.05, 3.63) is 98.5 Å². The summed E-state index contributed by atoms with van der Waals surface area (Å²) < 4.78 is 50.8. The van der Waals surface area contributed by atoms with Gasteiger partial charge in [0.15, 0.2) is 6.10 Å². The maximum absolute atomic E-state index is 13.1. The van der Waals surface area contributed by atoms with E-state index in [0.29, 0.717) is 24.0 Å². The van der Waals surface area contributed by atoms with Crippen molar-refractivity contribution in [2.24, 2.45) is 0 Å². The van der Waals surface area contributed by atoms with Crippen molar-refractivity contribution in [2.75, 3.05) is 0 Å². The lowest BCUT2D eigenvalue weighted by molar-refractivity contribution is -0.145. The fourth-order valence-corrected chi connectivity index (χ4v) is 4.20. The van der Waals surface area contributed by atoms with Crippen LogP contribution in [0, 0.1) is 6.92 Å². The lowest BCUT2D eigenvalue weighted by Crippen LogP contribution is -2.26. The molecule has 3 aromatic carbocycles. The van der Waals surface area contributed by atoms with E-state index in [1.54, 1.807) is 19.1 Å². The van der Waals surface area contributed by atoms with Crippen LogP contribution in [-0.2, 0) is 28.7 Å². The molecule has 0 fully saturated rings. The van der Waals surface area contributed by atoms with Crippen LogP contribution in [0.25, 0.3) is 0 Å². The number of hydrogen-bond donors (Lipinski definition) is 1. The molecule has 4 nitrogen and oxygen atoms in total. The lowest BCUT2D eigenvalue weighted by atomic mass is 9.99. The third-order valence-electron chi connectivity index (χ3n) is 5.90. The number of carboxylic acids is 1. The predicted octanol–water partition coefficient (Wildman–Crippen LogP) is 9.48. The predicted molar refractivity (Wildman–Crippen MR) is 149 cm³/mol. The van der Waals surface area contributed by atoms with Crippen LogP contribution < -0.4 is 4.74 Å². The average Bonchev–Trinajstić information content (AvgIpc) is 2.92. The summed E-state index contributed by atoms with van der Waals surface area (Å²) >= 11 is 12.8.